The van der Waals surface area contributed by atoms with Gasteiger partial charge < -0.3 is 10.2 Å². The zero-order valence-electron chi connectivity index (χ0n) is 28.6. The van der Waals surface area contributed by atoms with Crippen molar-refractivity contribution in [2.75, 3.05) is 0 Å². The van der Waals surface area contributed by atoms with Crippen LogP contribution in [0.2, 0.25) is 0 Å². The van der Waals surface area contributed by atoms with E-state index in [0.29, 0.717) is 0 Å². The van der Waals surface area contributed by atoms with E-state index in [1.165, 1.54) is 193 Å². The molecule has 0 bridgehead atoms. The number of rotatable bonds is 36. The fraction of sp³-hybridized carbons (Fsp3) is 1.00. The number of aliphatic hydroxyl groups is 2. The molecule has 0 saturated heterocycles. The van der Waals surface area contributed by atoms with Crippen molar-refractivity contribution in [3.63, 3.8) is 0 Å². The fourth-order valence-corrected chi connectivity index (χ4v) is 6.16. The van der Waals surface area contributed by atoms with Gasteiger partial charge in [-0.2, -0.15) is 0 Å². The maximum Gasteiger partial charge on any atom is 0.106 e. The van der Waals surface area contributed by atoms with E-state index >= 15 is 0 Å². The maximum absolute atomic E-state index is 10.2. The monoisotopic (exact) mass is 582 g/mol. The quantitative estimate of drug-likeness (QED) is 0.0509. The Hall–Kier alpha value is -0.120. The topological polar surface area (TPSA) is 52.5 Å². The van der Waals surface area contributed by atoms with Gasteiger partial charge in [0.15, 0.2) is 0 Å². The molecule has 2 unspecified atom stereocenters. The summed E-state index contributed by atoms with van der Waals surface area (Å²) in [7, 11) is 0. The summed E-state index contributed by atoms with van der Waals surface area (Å²) in [5.41, 5.74) is 0. The van der Waals surface area contributed by atoms with Gasteiger partial charge in [-0.3, -0.25) is 5.32 Å². The van der Waals surface area contributed by atoms with E-state index in [1.807, 2.05) is 0 Å². The maximum atomic E-state index is 10.2. The van der Waals surface area contributed by atoms with Crippen LogP contribution in [0.4, 0.5) is 0 Å². The standard InChI is InChI=1S/C38H79NO2/c1-3-5-7-9-11-13-15-17-18-19-20-21-22-24-26-28-30-32-34-36-38(41)39-37(40)35-33-31-29-27-25-23-16-14-12-10-8-6-4-2/h37-41H,3-36H2,1-2H3. The number of hydrogen-bond acceptors (Lipinski definition) is 3. The van der Waals surface area contributed by atoms with Gasteiger partial charge in [0.05, 0.1) is 0 Å². The predicted molar refractivity (Wildman–Crippen MR) is 183 cm³/mol. The molecule has 0 radical (unpaired) electrons. The van der Waals surface area contributed by atoms with E-state index < -0.39 is 12.5 Å². The first-order valence-electron chi connectivity index (χ1n) is 19.3. The van der Waals surface area contributed by atoms with Crippen LogP contribution in [-0.4, -0.2) is 22.7 Å². The minimum Gasteiger partial charge on any atom is -0.379 e. The molecule has 3 heteroatoms. The van der Waals surface area contributed by atoms with Crippen LogP contribution >= 0.6 is 0 Å². The average Bonchev–Trinajstić information content (AvgIpc) is 2.96. The second-order valence-corrected chi connectivity index (χ2v) is 13.4. The van der Waals surface area contributed by atoms with Crippen molar-refractivity contribution in [1.29, 1.82) is 0 Å². The normalized spacial score (nSPS) is 13.2. The van der Waals surface area contributed by atoms with Gasteiger partial charge in [0.25, 0.3) is 0 Å². The lowest BCUT2D eigenvalue weighted by Crippen LogP contribution is -2.38. The average molecular weight is 582 g/mol. The first kappa shape index (κ1) is 40.9. The lowest BCUT2D eigenvalue weighted by molar-refractivity contribution is 0.0310. The summed E-state index contributed by atoms with van der Waals surface area (Å²) >= 11 is 0. The van der Waals surface area contributed by atoms with Crippen LogP contribution in [0, 0.1) is 0 Å². The largest absolute Gasteiger partial charge is 0.379 e. The Labute approximate surface area is 259 Å². The van der Waals surface area contributed by atoms with Crippen molar-refractivity contribution in [3.8, 4) is 0 Å². The third-order valence-electron chi connectivity index (χ3n) is 9.05. The molecule has 0 aliphatic carbocycles. The van der Waals surface area contributed by atoms with Crippen molar-refractivity contribution in [2.24, 2.45) is 0 Å². The first-order valence-corrected chi connectivity index (χ1v) is 19.3. The van der Waals surface area contributed by atoms with Crippen LogP contribution in [0.15, 0.2) is 0 Å². The van der Waals surface area contributed by atoms with Crippen molar-refractivity contribution in [3.05, 3.63) is 0 Å². The molecule has 0 aromatic carbocycles. The van der Waals surface area contributed by atoms with Crippen LogP contribution in [0.25, 0.3) is 0 Å². The fourth-order valence-electron chi connectivity index (χ4n) is 6.16. The van der Waals surface area contributed by atoms with Crippen molar-refractivity contribution in [2.45, 2.75) is 245 Å². The molecule has 0 aromatic heterocycles. The highest BCUT2D eigenvalue weighted by molar-refractivity contribution is 4.60. The van der Waals surface area contributed by atoms with Gasteiger partial charge in [-0.25, -0.2) is 0 Å². The van der Waals surface area contributed by atoms with Gasteiger partial charge in [-0.05, 0) is 25.7 Å². The Kier molecular flexibility index (Phi) is 36.0. The van der Waals surface area contributed by atoms with Gasteiger partial charge in [-0.1, -0.05) is 206 Å². The summed E-state index contributed by atoms with van der Waals surface area (Å²) in [6, 6.07) is 0. The summed E-state index contributed by atoms with van der Waals surface area (Å²) in [5, 5.41) is 23.4. The number of aliphatic hydroxyl groups excluding tert-OH is 2. The summed E-state index contributed by atoms with van der Waals surface area (Å²) in [6.45, 7) is 4.58. The minimum atomic E-state index is -0.558. The predicted octanol–water partition coefficient (Wildman–Crippen LogP) is 12.5. The first-order chi connectivity index (χ1) is 20.2. The summed E-state index contributed by atoms with van der Waals surface area (Å²) in [5.74, 6) is 0. The molecule has 0 aliphatic heterocycles. The Morgan fingerprint density at radius 1 is 0.293 bits per heavy atom. The second-order valence-electron chi connectivity index (χ2n) is 13.4. The summed E-state index contributed by atoms with van der Waals surface area (Å²) in [4.78, 5) is 0. The molecule has 0 rings (SSSR count). The lowest BCUT2D eigenvalue weighted by Gasteiger charge is -2.18. The Balaban J connectivity index is 3.25. The molecular weight excluding hydrogens is 502 g/mol. The molecule has 41 heavy (non-hydrogen) atoms. The number of nitrogens with one attached hydrogen (secondary N) is 1. The molecule has 0 saturated carbocycles. The van der Waals surface area contributed by atoms with Gasteiger partial charge in [-0.15, -0.1) is 0 Å². The summed E-state index contributed by atoms with van der Waals surface area (Å²) in [6.07, 6.45) is 44.2. The number of hydrogen-bond donors (Lipinski definition) is 3. The van der Waals surface area contributed by atoms with E-state index in [-0.39, 0.29) is 0 Å². The Bertz CT molecular complexity index is 458. The molecule has 3 nitrogen and oxygen atoms in total. The highest BCUT2D eigenvalue weighted by atomic mass is 16.3. The Morgan fingerprint density at radius 2 is 0.463 bits per heavy atom. The lowest BCUT2D eigenvalue weighted by atomic mass is 10.0. The molecule has 0 fully saturated rings. The van der Waals surface area contributed by atoms with Crippen LogP contribution in [0.5, 0.6) is 0 Å². The SMILES string of the molecule is CCCCCCCCCCCCCCCCCCCCCC(O)NC(O)CCCCCCCCCCCCCCC. The van der Waals surface area contributed by atoms with Gasteiger partial charge in [0.2, 0.25) is 0 Å². The number of unbranched alkanes of at least 4 members (excludes halogenated alkanes) is 30. The summed E-state index contributed by atoms with van der Waals surface area (Å²) < 4.78 is 0. The third kappa shape index (κ3) is 36.0. The van der Waals surface area contributed by atoms with E-state index in [2.05, 4.69) is 19.2 Å². The van der Waals surface area contributed by atoms with Gasteiger partial charge >= 0.3 is 0 Å². The van der Waals surface area contributed by atoms with Gasteiger partial charge in [0.1, 0.15) is 12.5 Å². The minimum absolute atomic E-state index is 0.557. The molecule has 2 atom stereocenters. The van der Waals surface area contributed by atoms with Crippen LogP contribution in [-0.2, 0) is 0 Å². The third-order valence-corrected chi connectivity index (χ3v) is 9.05. The Morgan fingerprint density at radius 3 is 0.659 bits per heavy atom. The molecule has 0 spiro atoms. The molecule has 0 amide bonds. The van der Waals surface area contributed by atoms with E-state index in [0.717, 1.165) is 25.7 Å². The molecule has 0 aliphatic rings. The van der Waals surface area contributed by atoms with E-state index in [4.69, 9.17) is 0 Å². The van der Waals surface area contributed by atoms with Crippen LogP contribution in [0.1, 0.15) is 232 Å². The molecular formula is C38H79NO2. The highest BCUT2D eigenvalue weighted by Gasteiger charge is 2.09. The van der Waals surface area contributed by atoms with Crippen LogP contribution in [0.3, 0.4) is 0 Å². The zero-order valence-corrected chi connectivity index (χ0v) is 28.6. The van der Waals surface area contributed by atoms with Crippen LogP contribution < -0.4 is 5.32 Å². The smallest absolute Gasteiger partial charge is 0.106 e. The zero-order chi connectivity index (χ0) is 29.9. The molecule has 0 heterocycles. The van der Waals surface area contributed by atoms with E-state index in [1.54, 1.807) is 0 Å². The molecule has 0 aromatic rings. The van der Waals surface area contributed by atoms with Crippen molar-refractivity contribution in [1.82, 2.24) is 5.32 Å². The van der Waals surface area contributed by atoms with Crippen molar-refractivity contribution >= 4 is 0 Å². The molecule has 248 valence electrons. The highest BCUT2D eigenvalue weighted by Crippen LogP contribution is 2.16. The van der Waals surface area contributed by atoms with E-state index in [9.17, 15) is 10.2 Å². The molecule has 3 N–H and O–H groups in total. The second kappa shape index (κ2) is 36.1. The van der Waals surface area contributed by atoms with Crippen molar-refractivity contribution < 1.29 is 10.2 Å². The van der Waals surface area contributed by atoms with Gasteiger partial charge in [0, 0.05) is 0 Å².